The van der Waals surface area contributed by atoms with Crippen molar-refractivity contribution in [1.29, 1.82) is 0 Å². The molecule has 0 atom stereocenters. The number of hydrogen-bond donors (Lipinski definition) is 1. The van der Waals surface area contributed by atoms with Crippen LogP contribution in [0.2, 0.25) is 0 Å². The Labute approximate surface area is 87.4 Å². The first-order valence-electron chi connectivity index (χ1n) is 6.02. The number of hydrogen-bond acceptors (Lipinski definition) is 2. The predicted molar refractivity (Wildman–Crippen MR) is 60.2 cm³/mol. The minimum absolute atomic E-state index is 0.759. The van der Waals surface area contributed by atoms with Crippen molar-refractivity contribution in [2.24, 2.45) is 5.92 Å². The highest BCUT2D eigenvalue weighted by Crippen LogP contribution is 2.25. The zero-order valence-electron chi connectivity index (χ0n) is 9.10. The van der Waals surface area contributed by atoms with Gasteiger partial charge in [0.05, 0.1) is 0 Å². The van der Waals surface area contributed by atoms with Crippen molar-refractivity contribution >= 4 is 0 Å². The summed E-state index contributed by atoms with van der Waals surface area (Å²) in [5.74, 6) is 0.759. The van der Waals surface area contributed by atoms with E-state index in [1.165, 1.54) is 64.0 Å². The lowest BCUT2D eigenvalue weighted by atomic mass is 9.93. The molecule has 0 radical (unpaired) electrons. The quantitative estimate of drug-likeness (QED) is 0.723. The summed E-state index contributed by atoms with van der Waals surface area (Å²) in [5.41, 5.74) is 1.42. The van der Waals surface area contributed by atoms with E-state index in [4.69, 9.17) is 0 Å². The first-order valence-corrected chi connectivity index (χ1v) is 6.02. The van der Waals surface area contributed by atoms with Crippen molar-refractivity contribution in [2.75, 3.05) is 26.2 Å². The molecule has 2 heterocycles. The number of piperidine rings is 2. The maximum Gasteiger partial charge on any atom is 0.0174 e. The Morgan fingerprint density at radius 1 is 1.07 bits per heavy atom. The van der Waals surface area contributed by atoms with Gasteiger partial charge in [-0.05, 0) is 45.2 Å². The van der Waals surface area contributed by atoms with E-state index in [0.29, 0.717) is 0 Å². The molecule has 2 heteroatoms. The van der Waals surface area contributed by atoms with E-state index in [1.54, 1.807) is 0 Å². The van der Waals surface area contributed by atoms with E-state index in [-0.39, 0.29) is 0 Å². The van der Waals surface area contributed by atoms with Crippen molar-refractivity contribution in [2.45, 2.75) is 32.1 Å². The number of nitrogens with zero attached hydrogens (tertiary/aromatic N) is 1. The molecule has 2 nitrogen and oxygen atoms in total. The van der Waals surface area contributed by atoms with E-state index in [1.807, 2.05) is 0 Å². The topological polar surface area (TPSA) is 15.3 Å². The minimum atomic E-state index is 0.759. The second kappa shape index (κ2) is 4.83. The van der Waals surface area contributed by atoms with Gasteiger partial charge in [0.1, 0.15) is 0 Å². The van der Waals surface area contributed by atoms with Crippen LogP contribution in [0.4, 0.5) is 0 Å². The fourth-order valence-electron chi connectivity index (χ4n) is 2.59. The van der Waals surface area contributed by atoms with E-state index in [2.05, 4.69) is 16.8 Å². The second-order valence-electron chi connectivity index (χ2n) is 4.56. The van der Waals surface area contributed by atoms with E-state index in [9.17, 15) is 0 Å². The molecular weight excluding hydrogens is 172 g/mol. The Hall–Kier alpha value is -0.500. The predicted octanol–water partition coefficient (Wildman–Crippen LogP) is 1.99. The van der Waals surface area contributed by atoms with E-state index in [0.717, 1.165) is 5.92 Å². The molecule has 0 bridgehead atoms. The molecular formula is C12H22N2. The van der Waals surface area contributed by atoms with Crippen LogP contribution in [0.15, 0.2) is 12.3 Å². The summed E-state index contributed by atoms with van der Waals surface area (Å²) in [4.78, 5) is 2.53. The molecule has 2 fully saturated rings. The number of nitrogens with one attached hydrogen (secondary N) is 1. The number of likely N-dealkylation sites (tertiary alicyclic amines) is 1. The summed E-state index contributed by atoms with van der Waals surface area (Å²) >= 11 is 0. The monoisotopic (exact) mass is 194 g/mol. The molecule has 0 aromatic heterocycles. The molecule has 14 heavy (non-hydrogen) atoms. The molecule has 80 valence electrons. The molecule has 0 unspecified atom stereocenters. The Balaban J connectivity index is 1.85. The number of allylic oxidation sites excluding steroid dienone is 1. The molecule has 2 aliphatic rings. The Morgan fingerprint density at radius 3 is 2.36 bits per heavy atom. The summed E-state index contributed by atoms with van der Waals surface area (Å²) in [6, 6.07) is 0. The van der Waals surface area contributed by atoms with Gasteiger partial charge in [0, 0.05) is 24.7 Å². The van der Waals surface area contributed by atoms with Gasteiger partial charge in [0.15, 0.2) is 0 Å². The van der Waals surface area contributed by atoms with Crippen LogP contribution in [0.3, 0.4) is 0 Å². The first kappa shape index (κ1) is 10.0. The van der Waals surface area contributed by atoms with Crippen molar-refractivity contribution in [1.82, 2.24) is 10.2 Å². The molecule has 1 N–H and O–H groups in total. The SMILES string of the molecule is C=C(C1CCNCC1)N1CCCCC1. The van der Waals surface area contributed by atoms with Crippen molar-refractivity contribution in [3.05, 3.63) is 12.3 Å². The molecule has 2 saturated heterocycles. The highest BCUT2D eigenvalue weighted by Gasteiger charge is 2.21. The van der Waals surface area contributed by atoms with Crippen LogP contribution < -0.4 is 5.32 Å². The van der Waals surface area contributed by atoms with Crippen molar-refractivity contribution in [3.63, 3.8) is 0 Å². The van der Waals surface area contributed by atoms with Crippen LogP contribution in [0.1, 0.15) is 32.1 Å². The summed E-state index contributed by atoms with van der Waals surface area (Å²) in [6.07, 6.45) is 6.72. The summed E-state index contributed by atoms with van der Waals surface area (Å²) in [7, 11) is 0. The average Bonchev–Trinajstić information content (AvgIpc) is 2.30. The van der Waals surface area contributed by atoms with Crippen molar-refractivity contribution < 1.29 is 0 Å². The van der Waals surface area contributed by atoms with Crippen LogP contribution >= 0.6 is 0 Å². The molecule has 0 aromatic carbocycles. The molecule has 2 rings (SSSR count). The van der Waals surface area contributed by atoms with Gasteiger partial charge in [-0.1, -0.05) is 6.58 Å². The molecule has 2 aliphatic heterocycles. The third kappa shape index (κ3) is 2.30. The maximum absolute atomic E-state index is 4.30. The largest absolute Gasteiger partial charge is 0.375 e. The number of rotatable bonds is 2. The molecule has 0 aromatic rings. The summed E-state index contributed by atoms with van der Waals surface area (Å²) < 4.78 is 0. The Morgan fingerprint density at radius 2 is 1.71 bits per heavy atom. The third-order valence-corrected chi connectivity index (χ3v) is 3.57. The third-order valence-electron chi connectivity index (χ3n) is 3.57. The highest BCUT2D eigenvalue weighted by atomic mass is 15.1. The normalized spacial score (nSPS) is 25.0. The first-order chi connectivity index (χ1) is 6.88. The van der Waals surface area contributed by atoms with Gasteiger partial charge in [-0.15, -0.1) is 0 Å². The zero-order chi connectivity index (χ0) is 9.80. The lowest BCUT2D eigenvalue weighted by Crippen LogP contribution is -2.36. The van der Waals surface area contributed by atoms with Gasteiger partial charge in [-0.3, -0.25) is 0 Å². The van der Waals surface area contributed by atoms with Crippen LogP contribution in [0.25, 0.3) is 0 Å². The lowest BCUT2D eigenvalue weighted by molar-refractivity contribution is 0.239. The van der Waals surface area contributed by atoms with Gasteiger partial charge in [0.25, 0.3) is 0 Å². The maximum atomic E-state index is 4.30. The average molecular weight is 194 g/mol. The molecule has 0 saturated carbocycles. The van der Waals surface area contributed by atoms with Crippen LogP contribution in [-0.4, -0.2) is 31.1 Å². The second-order valence-corrected chi connectivity index (χ2v) is 4.56. The molecule has 0 amide bonds. The Bertz CT molecular complexity index is 168. The zero-order valence-corrected chi connectivity index (χ0v) is 9.10. The van der Waals surface area contributed by atoms with Crippen LogP contribution in [0, 0.1) is 5.92 Å². The highest BCUT2D eigenvalue weighted by molar-refractivity contribution is 5.02. The van der Waals surface area contributed by atoms with Gasteiger partial charge >= 0.3 is 0 Å². The van der Waals surface area contributed by atoms with Gasteiger partial charge in [-0.2, -0.15) is 0 Å². The van der Waals surface area contributed by atoms with Gasteiger partial charge in [-0.25, -0.2) is 0 Å². The lowest BCUT2D eigenvalue weighted by Gasteiger charge is -2.36. The van der Waals surface area contributed by atoms with E-state index >= 15 is 0 Å². The van der Waals surface area contributed by atoms with Gasteiger partial charge in [0.2, 0.25) is 0 Å². The minimum Gasteiger partial charge on any atom is -0.375 e. The fourth-order valence-corrected chi connectivity index (χ4v) is 2.59. The smallest absolute Gasteiger partial charge is 0.0174 e. The molecule has 0 aliphatic carbocycles. The summed E-state index contributed by atoms with van der Waals surface area (Å²) in [6.45, 7) is 9.16. The molecule has 0 spiro atoms. The fraction of sp³-hybridized carbons (Fsp3) is 0.833. The van der Waals surface area contributed by atoms with Crippen LogP contribution in [0.5, 0.6) is 0 Å². The van der Waals surface area contributed by atoms with E-state index < -0.39 is 0 Å². The summed E-state index contributed by atoms with van der Waals surface area (Å²) in [5, 5.41) is 3.41. The van der Waals surface area contributed by atoms with Crippen LogP contribution in [-0.2, 0) is 0 Å². The van der Waals surface area contributed by atoms with Gasteiger partial charge < -0.3 is 10.2 Å². The standard InChI is InChI=1S/C12H22N2/c1-11(12-5-7-13-8-6-12)14-9-3-2-4-10-14/h12-13H,1-10H2. The van der Waals surface area contributed by atoms with Crippen molar-refractivity contribution in [3.8, 4) is 0 Å². The Kier molecular flexibility index (Phi) is 3.46.